The lowest BCUT2D eigenvalue weighted by Crippen LogP contribution is -2.37. The first-order chi connectivity index (χ1) is 7.55. The number of thioether (sulfide) groups is 1. The molecule has 1 aromatic rings. The van der Waals surface area contributed by atoms with Crippen molar-refractivity contribution in [2.24, 2.45) is 4.99 Å². The Balaban J connectivity index is 1.92. The Morgan fingerprint density at radius 1 is 1.56 bits per heavy atom. The number of aliphatic imine (C=N–C) groups is 1. The Bertz CT molecular complexity index is 368. The molecule has 4 heteroatoms. The normalized spacial score (nSPS) is 23.3. The van der Waals surface area contributed by atoms with Crippen LogP contribution in [0.2, 0.25) is 0 Å². The van der Waals surface area contributed by atoms with Crippen LogP contribution in [0.1, 0.15) is 25.6 Å². The molecule has 1 aliphatic rings. The minimum Gasteiger partial charge on any atom is -0.359 e. The van der Waals surface area contributed by atoms with E-state index in [0.717, 1.165) is 17.3 Å². The van der Waals surface area contributed by atoms with Crippen LogP contribution in [0, 0.1) is 0 Å². The van der Waals surface area contributed by atoms with Gasteiger partial charge in [0.05, 0.1) is 6.04 Å². The van der Waals surface area contributed by atoms with Crippen LogP contribution in [0.5, 0.6) is 0 Å². The SMILES string of the molecule is CC(Cc1cccs1)N=C1NC(C)(C)CS1. The van der Waals surface area contributed by atoms with Gasteiger partial charge in [0, 0.05) is 22.6 Å². The summed E-state index contributed by atoms with van der Waals surface area (Å²) in [5.74, 6) is 1.11. The van der Waals surface area contributed by atoms with Gasteiger partial charge in [-0.2, -0.15) is 0 Å². The van der Waals surface area contributed by atoms with Crippen LogP contribution >= 0.6 is 23.1 Å². The maximum Gasteiger partial charge on any atom is 0.157 e. The Hall–Kier alpha value is -0.480. The molecule has 1 unspecified atom stereocenters. The quantitative estimate of drug-likeness (QED) is 0.896. The third kappa shape index (κ3) is 3.25. The zero-order valence-corrected chi connectivity index (χ0v) is 11.6. The molecule has 0 saturated carbocycles. The number of nitrogens with zero attached hydrogens (tertiary/aromatic N) is 1. The first kappa shape index (κ1) is 12.0. The van der Waals surface area contributed by atoms with Crippen molar-refractivity contribution in [3.8, 4) is 0 Å². The van der Waals surface area contributed by atoms with E-state index in [-0.39, 0.29) is 5.54 Å². The highest BCUT2D eigenvalue weighted by Crippen LogP contribution is 2.23. The van der Waals surface area contributed by atoms with Gasteiger partial charge in [-0.15, -0.1) is 11.3 Å². The van der Waals surface area contributed by atoms with Crippen LogP contribution in [0.3, 0.4) is 0 Å². The number of hydrogen-bond donors (Lipinski definition) is 1. The molecule has 1 N–H and O–H groups in total. The summed E-state index contributed by atoms with van der Waals surface area (Å²) in [6.45, 7) is 6.61. The van der Waals surface area contributed by atoms with Crippen molar-refractivity contribution in [3.63, 3.8) is 0 Å². The summed E-state index contributed by atoms with van der Waals surface area (Å²) in [5.41, 5.74) is 0.201. The largest absolute Gasteiger partial charge is 0.359 e. The molecular weight excluding hydrogens is 236 g/mol. The Morgan fingerprint density at radius 2 is 2.38 bits per heavy atom. The number of hydrogen-bond acceptors (Lipinski definition) is 3. The summed E-state index contributed by atoms with van der Waals surface area (Å²) in [7, 11) is 0. The van der Waals surface area contributed by atoms with E-state index in [4.69, 9.17) is 4.99 Å². The molecule has 0 bridgehead atoms. The summed E-state index contributed by atoms with van der Waals surface area (Å²) < 4.78 is 0. The van der Waals surface area contributed by atoms with Gasteiger partial charge in [0.15, 0.2) is 5.17 Å². The van der Waals surface area contributed by atoms with Crippen molar-refractivity contribution in [3.05, 3.63) is 22.4 Å². The Labute approximate surface area is 106 Å². The zero-order chi connectivity index (χ0) is 11.6. The van der Waals surface area contributed by atoms with Gasteiger partial charge in [0.2, 0.25) is 0 Å². The molecule has 0 amide bonds. The van der Waals surface area contributed by atoms with E-state index >= 15 is 0 Å². The van der Waals surface area contributed by atoms with Crippen LogP contribution in [0.25, 0.3) is 0 Å². The number of amidine groups is 1. The molecule has 1 atom stereocenters. The molecule has 1 fully saturated rings. The van der Waals surface area contributed by atoms with Gasteiger partial charge in [-0.3, -0.25) is 4.99 Å². The minimum absolute atomic E-state index is 0.201. The second kappa shape index (κ2) is 4.80. The van der Waals surface area contributed by atoms with E-state index in [0.29, 0.717) is 6.04 Å². The van der Waals surface area contributed by atoms with Crippen molar-refractivity contribution >= 4 is 28.3 Å². The zero-order valence-electron chi connectivity index (χ0n) is 9.99. The average molecular weight is 254 g/mol. The van der Waals surface area contributed by atoms with Crippen molar-refractivity contribution in [2.75, 3.05) is 5.75 Å². The van der Waals surface area contributed by atoms with E-state index in [1.54, 1.807) is 0 Å². The fourth-order valence-electron chi connectivity index (χ4n) is 1.65. The summed E-state index contributed by atoms with van der Waals surface area (Å²) in [6.07, 6.45) is 1.05. The van der Waals surface area contributed by atoms with Crippen molar-refractivity contribution in [1.82, 2.24) is 5.32 Å². The number of thiophene rings is 1. The van der Waals surface area contributed by atoms with Gasteiger partial charge >= 0.3 is 0 Å². The molecule has 1 aliphatic heterocycles. The van der Waals surface area contributed by atoms with Crippen molar-refractivity contribution < 1.29 is 0 Å². The highest BCUT2D eigenvalue weighted by atomic mass is 32.2. The number of rotatable bonds is 3. The molecule has 1 saturated heterocycles. The van der Waals surface area contributed by atoms with Gasteiger partial charge in [-0.05, 0) is 32.2 Å². The summed E-state index contributed by atoms with van der Waals surface area (Å²) >= 11 is 3.65. The first-order valence-electron chi connectivity index (χ1n) is 5.56. The average Bonchev–Trinajstić information content (AvgIpc) is 2.76. The van der Waals surface area contributed by atoms with Gasteiger partial charge in [0.25, 0.3) is 0 Å². The second-order valence-electron chi connectivity index (χ2n) is 4.86. The molecule has 2 rings (SSSR count). The lowest BCUT2D eigenvalue weighted by atomic mass is 10.1. The topological polar surface area (TPSA) is 24.4 Å². The van der Waals surface area contributed by atoms with Gasteiger partial charge in [0.1, 0.15) is 0 Å². The molecular formula is C12H18N2S2. The molecule has 0 spiro atoms. The Kier molecular flexibility index (Phi) is 3.60. The first-order valence-corrected chi connectivity index (χ1v) is 7.43. The van der Waals surface area contributed by atoms with Crippen LogP contribution in [-0.4, -0.2) is 22.5 Å². The second-order valence-corrected chi connectivity index (χ2v) is 6.86. The molecule has 0 aliphatic carbocycles. The fourth-order valence-corrected chi connectivity index (χ4v) is 3.64. The molecule has 2 nitrogen and oxygen atoms in total. The smallest absolute Gasteiger partial charge is 0.157 e. The molecule has 0 aromatic carbocycles. The predicted molar refractivity (Wildman–Crippen MR) is 74.6 cm³/mol. The predicted octanol–water partition coefficient (Wildman–Crippen LogP) is 3.15. The van der Waals surface area contributed by atoms with Crippen LogP contribution in [-0.2, 0) is 6.42 Å². The summed E-state index contributed by atoms with van der Waals surface area (Å²) in [5, 5.41) is 6.69. The lowest BCUT2D eigenvalue weighted by Gasteiger charge is -2.16. The minimum atomic E-state index is 0.201. The molecule has 1 aromatic heterocycles. The van der Waals surface area contributed by atoms with Gasteiger partial charge < -0.3 is 5.32 Å². The molecule has 16 heavy (non-hydrogen) atoms. The standard InChI is InChI=1S/C12H18N2S2/c1-9(7-10-5-4-6-15-10)13-11-14-12(2,3)8-16-11/h4-6,9H,7-8H2,1-3H3,(H,13,14). The summed E-state index contributed by atoms with van der Waals surface area (Å²) in [4.78, 5) is 6.14. The van der Waals surface area contributed by atoms with Crippen LogP contribution in [0.4, 0.5) is 0 Å². The molecule has 88 valence electrons. The maximum absolute atomic E-state index is 4.72. The van der Waals surface area contributed by atoms with Gasteiger partial charge in [-0.25, -0.2) is 0 Å². The molecule has 2 heterocycles. The maximum atomic E-state index is 4.72. The van der Waals surface area contributed by atoms with Gasteiger partial charge in [-0.1, -0.05) is 17.8 Å². The van der Waals surface area contributed by atoms with Crippen molar-refractivity contribution in [2.45, 2.75) is 38.8 Å². The lowest BCUT2D eigenvalue weighted by molar-refractivity contribution is 0.534. The highest BCUT2D eigenvalue weighted by molar-refractivity contribution is 8.14. The fraction of sp³-hybridized carbons (Fsp3) is 0.583. The van der Waals surface area contributed by atoms with E-state index in [1.165, 1.54) is 4.88 Å². The highest BCUT2D eigenvalue weighted by Gasteiger charge is 2.27. The summed E-state index contributed by atoms with van der Waals surface area (Å²) in [6, 6.07) is 4.65. The number of nitrogens with one attached hydrogen (secondary N) is 1. The third-order valence-electron chi connectivity index (χ3n) is 2.43. The third-order valence-corrected chi connectivity index (χ3v) is 4.68. The van der Waals surface area contributed by atoms with E-state index in [9.17, 15) is 0 Å². The van der Waals surface area contributed by atoms with Crippen LogP contribution in [0.15, 0.2) is 22.5 Å². The Morgan fingerprint density at radius 3 is 2.94 bits per heavy atom. The van der Waals surface area contributed by atoms with E-state index in [1.807, 2.05) is 23.1 Å². The van der Waals surface area contributed by atoms with Crippen LogP contribution < -0.4 is 5.32 Å². The van der Waals surface area contributed by atoms with E-state index in [2.05, 4.69) is 43.6 Å². The van der Waals surface area contributed by atoms with Crippen molar-refractivity contribution in [1.29, 1.82) is 0 Å². The van der Waals surface area contributed by atoms with E-state index < -0.39 is 0 Å². The molecule has 0 radical (unpaired) electrons. The monoisotopic (exact) mass is 254 g/mol.